The molecule has 4 heterocycles. The van der Waals surface area contributed by atoms with Crippen LogP contribution in [0.3, 0.4) is 0 Å². The molecule has 0 saturated carbocycles. The minimum atomic E-state index is -0.375. The van der Waals surface area contributed by atoms with E-state index in [-0.39, 0.29) is 82.6 Å². The van der Waals surface area contributed by atoms with E-state index in [1.807, 2.05) is 24.3 Å². The van der Waals surface area contributed by atoms with Gasteiger partial charge >= 0.3 is 0 Å². The van der Waals surface area contributed by atoms with Crippen LogP contribution in [0.15, 0.2) is 60.7 Å². The molecule has 274 valence electrons. The Kier molecular flexibility index (Phi) is 8.94. The molecule has 0 amide bonds. The van der Waals surface area contributed by atoms with Crippen molar-refractivity contribution in [1.82, 2.24) is 0 Å². The molecule has 4 aromatic carbocycles. The van der Waals surface area contributed by atoms with Crippen molar-refractivity contribution >= 4 is 0 Å². The summed E-state index contributed by atoms with van der Waals surface area (Å²) in [5.74, 6) is 1.12. The van der Waals surface area contributed by atoms with Gasteiger partial charge in [-0.25, -0.2) is 0 Å². The molecule has 12 heteroatoms. The normalized spacial score (nSPS) is 27.7. The summed E-state index contributed by atoms with van der Waals surface area (Å²) < 4.78 is 47.4. The van der Waals surface area contributed by atoms with Crippen molar-refractivity contribution in [3.63, 3.8) is 0 Å². The summed E-state index contributed by atoms with van der Waals surface area (Å²) in [5.41, 5.74) is 4.02. The molecule has 8 atom stereocenters. The largest absolute Gasteiger partial charge is 0.504 e. The Morgan fingerprint density at radius 3 is 1.06 bits per heavy atom. The van der Waals surface area contributed by atoms with Gasteiger partial charge in [-0.1, -0.05) is 12.1 Å². The second-order valence-electron chi connectivity index (χ2n) is 13.8. The van der Waals surface area contributed by atoms with E-state index in [0.717, 1.165) is 22.3 Å². The summed E-state index contributed by atoms with van der Waals surface area (Å²) >= 11 is 0. The van der Waals surface area contributed by atoms with Gasteiger partial charge in [-0.2, -0.15) is 0 Å². The highest BCUT2D eigenvalue weighted by Crippen LogP contribution is 2.56. The lowest BCUT2D eigenvalue weighted by Crippen LogP contribution is -2.15. The van der Waals surface area contributed by atoms with E-state index in [2.05, 4.69) is 0 Å². The maximum absolute atomic E-state index is 11.5. The van der Waals surface area contributed by atoms with Gasteiger partial charge in [-0.15, -0.1) is 0 Å². The summed E-state index contributed by atoms with van der Waals surface area (Å²) in [7, 11) is 5.99. The first-order valence-corrected chi connectivity index (χ1v) is 17.3. The van der Waals surface area contributed by atoms with Gasteiger partial charge in [0.05, 0.1) is 79.3 Å². The van der Waals surface area contributed by atoms with Gasteiger partial charge in [-0.3, -0.25) is 0 Å². The average molecular weight is 715 g/mol. The van der Waals surface area contributed by atoms with Crippen LogP contribution in [0.4, 0.5) is 0 Å². The minimum absolute atomic E-state index is 0.00551. The lowest BCUT2D eigenvalue weighted by molar-refractivity contribution is 0.0189. The molecule has 4 aliphatic heterocycles. The Morgan fingerprint density at radius 2 is 0.731 bits per heavy atom. The maximum atomic E-state index is 11.5. The van der Waals surface area contributed by atoms with Crippen LogP contribution in [0.2, 0.25) is 0 Å². The van der Waals surface area contributed by atoms with E-state index >= 15 is 0 Å². The van der Waals surface area contributed by atoms with E-state index in [4.69, 9.17) is 37.9 Å². The van der Waals surface area contributed by atoms with Crippen LogP contribution in [-0.4, -0.2) is 75.3 Å². The van der Waals surface area contributed by atoms with Crippen molar-refractivity contribution in [2.75, 3.05) is 54.9 Å². The average Bonchev–Trinajstić information content (AvgIpc) is 3.96. The highest BCUT2D eigenvalue weighted by molar-refractivity contribution is 5.81. The number of hydrogen-bond acceptors (Lipinski definition) is 12. The fourth-order valence-corrected chi connectivity index (χ4v) is 8.52. The van der Waals surface area contributed by atoms with Crippen molar-refractivity contribution in [2.24, 2.45) is 23.7 Å². The van der Waals surface area contributed by atoms with Gasteiger partial charge in [0.15, 0.2) is 46.0 Å². The van der Waals surface area contributed by atoms with E-state index < -0.39 is 0 Å². The van der Waals surface area contributed by atoms with Gasteiger partial charge in [-0.05, 0) is 70.8 Å². The molecule has 0 radical (unpaired) electrons. The first kappa shape index (κ1) is 34.2. The predicted molar refractivity (Wildman–Crippen MR) is 186 cm³/mol. The molecule has 4 fully saturated rings. The Balaban J connectivity index is 1.11. The van der Waals surface area contributed by atoms with Crippen molar-refractivity contribution in [3.8, 4) is 57.1 Å². The molecule has 4 saturated heterocycles. The van der Waals surface area contributed by atoms with E-state index in [1.165, 1.54) is 28.4 Å². The molecule has 0 spiro atoms. The van der Waals surface area contributed by atoms with Gasteiger partial charge < -0.3 is 58.3 Å². The second kappa shape index (κ2) is 13.6. The van der Waals surface area contributed by atoms with Crippen molar-refractivity contribution < 1.29 is 58.3 Å². The van der Waals surface area contributed by atoms with Crippen LogP contribution in [0.5, 0.6) is 46.0 Å². The first-order valence-electron chi connectivity index (χ1n) is 17.3. The summed E-state index contributed by atoms with van der Waals surface area (Å²) in [6.07, 6.45) is -1.25. The summed E-state index contributed by atoms with van der Waals surface area (Å²) in [6, 6.07) is 17.6. The van der Waals surface area contributed by atoms with Crippen molar-refractivity contribution in [1.29, 1.82) is 0 Å². The summed E-state index contributed by atoms with van der Waals surface area (Å²) in [6.45, 7) is 1.77. The first-order chi connectivity index (χ1) is 25.2. The Labute approximate surface area is 301 Å². The number of methoxy groups -OCH3 is 4. The number of ether oxygens (including phenoxy) is 8. The number of phenols is 4. The number of benzene rings is 4. The van der Waals surface area contributed by atoms with E-state index in [1.54, 1.807) is 36.4 Å². The van der Waals surface area contributed by atoms with Gasteiger partial charge in [0.1, 0.15) is 0 Å². The zero-order valence-corrected chi connectivity index (χ0v) is 29.3. The van der Waals surface area contributed by atoms with Gasteiger partial charge in [0, 0.05) is 34.8 Å². The molecule has 0 bridgehead atoms. The fraction of sp³-hybridized carbons (Fsp3) is 0.400. The van der Waals surface area contributed by atoms with Crippen LogP contribution >= 0.6 is 0 Å². The molecular weight excluding hydrogens is 672 g/mol. The third-order valence-corrected chi connectivity index (χ3v) is 11.2. The molecule has 4 aliphatic rings. The number of hydrogen-bond donors (Lipinski definition) is 4. The second-order valence-corrected chi connectivity index (χ2v) is 13.8. The topological polar surface area (TPSA) is 155 Å². The van der Waals surface area contributed by atoms with Crippen molar-refractivity contribution in [3.05, 3.63) is 82.9 Å². The quantitative estimate of drug-likeness (QED) is 0.153. The zero-order valence-electron chi connectivity index (χ0n) is 29.3. The third-order valence-electron chi connectivity index (χ3n) is 11.2. The number of fused-ring (bicyclic) bond motifs is 2. The fourth-order valence-electron chi connectivity index (χ4n) is 8.52. The number of phenolic OH excluding ortho intramolecular Hbond substituents is 4. The smallest absolute Gasteiger partial charge is 0.165 e. The molecule has 0 aromatic heterocycles. The maximum Gasteiger partial charge on any atom is 0.165 e. The summed E-state index contributed by atoms with van der Waals surface area (Å²) in [5, 5.41) is 43.3. The molecule has 0 aliphatic carbocycles. The Hall–Kier alpha value is -4.88. The van der Waals surface area contributed by atoms with Crippen LogP contribution in [0.25, 0.3) is 11.1 Å². The van der Waals surface area contributed by atoms with Gasteiger partial charge in [0.2, 0.25) is 0 Å². The highest BCUT2D eigenvalue weighted by atomic mass is 16.5. The lowest BCUT2D eigenvalue weighted by atomic mass is 9.83. The highest BCUT2D eigenvalue weighted by Gasteiger charge is 2.50. The SMILES string of the molecule is COc1cc([C@H]2OC[C@H]3[C@@H]2CO[C@@H]3c2cc(OC)c(O)c(-c3cc([C@H]4OC[C@H]5[C@@H]4CO[C@@H]5c4ccc(O)c(OC)c4)cc(OC)c3O)c2)ccc1O. The monoisotopic (exact) mass is 714 g/mol. The number of rotatable bonds is 9. The molecule has 4 aromatic rings. The minimum Gasteiger partial charge on any atom is -0.504 e. The lowest BCUT2D eigenvalue weighted by Gasteiger charge is -2.22. The van der Waals surface area contributed by atoms with Crippen LogP contribution in [0.1, 0.15) is 46.7 Å². The Morgan fingerprint density at radius 1 is 0.423 bits per heavy atom. The van der Waals surface area contributed by atoms with E-state index in [0.29, 0.717) is 49.1 Å². The zero-order chi connectivity index (χ0) is 36.3. The van der Waals surface area contributed by atoms with Crippen LogP contribution in [-0.2, 0) is 18.9 Å². The number of aromatic hydroxyl groups is 4. The molecular formula is C40H42O12. The molecule has 0 unspecified atom stereocenters. The predicted octanol–water partition coefficient (Wildman–Crippen LogP) is 6.36. The molecule has 52 heavy (non-hydrogen) atoms. The molecule has 12 nitrogen and oxygen atoms in total. The van der Waals surface area contributed by atoms with Gasteiger partial charge in [0.25, 0.3) is 0 Å². The van der Waals surface area contributed by atoms with Crippen LogP contribution in [0, 0.1) is 23.7 Å². The summed E-state index contributed by atoms with van der Waals surface area (Å²) in [4.78, 5) is 0. The van der Waals surface area contributed by atoms with E-state index in [9.17, 15) is 20.4 Å². The molecule has 8 rings (SSSR count). The standard InChI is InChI=1S/C40H42O12/c1-45-31-11-19(5-7-29(31)41)37-25-15-51-39(27(25)17-49-37)21-9-23(35(43)33(13-21)47-3)24-10-22(14-34(48-4)36(24)44)40-28-18-50-38(26(28)16-52-40)20-6-8-30(42)32(12-20)46-2/h5-14,25-28,37-44H,15-18H2,1-4H3/t25-,26-,27-,28-,37+,38+,39+,40+/m0/s1. The molecule has 4 N–H and O–H groups in total. The third kappa shape index (κ3) is 5.61. The Bertz CT molecular complexity index is 1840. The van der Waals surface area contributed by atoms with Crippen molar-refractivity contribution in [2.45, 2.75) is 24.4 Å². The van der Waals surface area contributed by atoms with Crippen LogP contribution < -0.4 is 18.9 Å².